The number of nitrogens with two attached hydrogens (primary N) is 1. The van der Waals surface area contributed by atoms with Crippen molar-refractivity contribution in [1.29, 1.82) is 0 Å². The maximum Gasteiger partial charge on any atom is 0.152 e. The summed E-state index contributed by atoms with van der Waals surface area (Å²) in [6.07, 6.45) is 1.02. The van der Waals surface area contributed by atoms with Gasteiger partial charge >= 0.3 is 0 Å². The summed E-state index contributed by atoms with van der Waals surface area (Å²) in [6, 6.07) is 8.36. The normalized spacial score (nSPS) is 11.0. The fourth-order valence-electron chi connectivity index (χ4n) is 2.14. The third-order valence-corrected chi connectivity index (χ3v) is 3.26. The van der Waals surface area contributed by atoms with Crippen molar-refractivity contribution in [3.8, 4) is 0 Å². The molecule has 0 unspecified atom stereocenters. The van der Waals surface area contributed by atoms with Crippen LogP contribution < -0.4 is 11.1 Å². The van der Waals surface area contributed by atoms with Gasteiger partial charge in [-0.25, -0.2) is 0 Å². The largest absolute Gasteiger partial charge is 0.394 e. The maximum absolute atomic E-state index is 6.18. The Morgan fingerprint density at radius 3 is 2.68 bits per heavy atom. The molecule has 0 aliphatic rings. The van der Waals surface area contributed by atoms with E-state index in [0.29, 0.717) is 5.92 Å². The van der Waals surface area contributed by atoms with E-state index in [0.717, 1.165) is 29.3 Å². The van der Waals surface area contributed by atoms with Crippen LogP contribution in [0.4, 0.5) is 17.2 Å². The molecule has 2 aromatic rings. The zero-order valence-corrected chi connectivity index (χ0v) is 12.1. The number of nitrogens with one attached hydrogen (secondary N) is 1. The third kappa shape index (κ3) is 2.72. The summed E-state index contributed by atoms with van der Waals surface area (Å²) in [6.45, 7) is 6.34. The van der Waals surface area contributed by atoms with E-state index >= 15 is 0 Å². The first-order chi connectivity index (χ1) is 9.02. The summed E-state index contributed by atoms with van der Waals surface area (Å²) in [5.74, 6) is 1.18. The molecule has 102 valence electrons. The van der Waals surface area contributed by atoms with Gasteiger partial charge in [-0.2, -0.15) is 5.10 Å². The molecule has 0 saturated heterocycles. The van der Waals surface area contributed by atoms with E-state index in [1.54, 1.807) is 0 Å². The summed E-state index contributed by atoms with van der Waals surface area (Å²) in [4.78, 5) is 0. The van der Waals surface area contributed by atoms with Gasteiger partial charge in [-0.1, -0.05) is 32.9 Å². The van der Waals surface area contributed by atoms with Crippen molar-refractivity contribution in [3.05, 3.63) is 35.5 Å². The minimum Gasteiger partial charge on any atom is -0.394 e. The Kier molecular flexibility index (Phi) is 3.79. The molecule has 0 radical (unpaired) electrons. The molecule has 19 heavy (non-hydrogen) atoms. The number of anilines is 3. The molecule has 1 heterocycles. The predicted molar refractivity (Wildman–Crippen MR) is 80.8 cm³/mol. The smallest absolute Gasteiger partial charge is 0.152 e. The molecule has 0 amide bonds. The van der Waals surface area contributed by atoms with E-state index in [1.165, 1.54) is 5.56 Å². The first kappa shape index (κ1) is 13.5. The Hall–Kier alpha value is -1.97. The van der Waals surface area contributed by atoms with Crippen LogP contribution in [0, 0.1) is 0 Å². The molecule has 0 spiro atoms. The van der Waals surface area contributed by atoms with E-state index in [1.807, 2.05) is 17.8 Å². The number of benzene rings is 1. The molecule has 0 aliphatic heterocycles. The van der Waals surface area contributed by atoms with Gasteiger partial charge in [0.1, 0.15) is 0 Å². The maximum atomic E-state index is 6.18. The molecule has 3 N–H and O–H groups in total. The van der Waals surface area contributed by atoms with Gasteiger partial charge in [-0.15, -0.1) is 0 Å². The van der Waals surface area contributed by atoms with Crippen molar-refractivity contribution in [2.24, 2.45) is 7.05 Å². The topological polar surface area (TPSA) is 55.9 Å². The van der Waals surface area contributed by atoms with E-state index in [4.69, 9.17) is 5.73 Å². The SMILES string of the molecule is CCc1cccc(Nc2c(N)c(C(C)C)nn2C)c1. The van der Waals surface area contributed by atoms with Crippen LogP contribution in [0.5, 0.6) is 0 Å². The predicted octanol–water partition coefficient (Wildman–Crippen LogP) is 3.43. The highest BCUT2D eigenvalue weighted by atomic mass is 15.3. The number of hydrogen-bond donors (Lipinski definition) is 2. The van der Waals surface area contributed by atoms with Crippen molar-refractivity contribution >= 4 is 17.2 Å². The molecule has 0 saturated carbocycles. The van der Waals surface area contributed by atoms with Gasteiger partial charge in [0.05, 0.1) is 11.4 Å². The van der Waals surface area contributed by atoms with Crippen molar-refractivity contribution in [1.82, 2.24) is 9.78 Å². The van der Waals surface area contributed by atoms with Crippen LogP contribution >= 0.6 is 0 Å². The second-order valence-electron chi connectivity index (χ2n) is 5.10. The molecule has 1 aromatic carbocycles. The molecule has 0 aliphatic carbocycles. The lowest BCUT2D eigenvalue weighted by Crippen LogP contribution is -2.01. The zero-order valence-electron chi connectivity index (χ0n) is 12.1. The molecule has 2 rings (SSSR count). The lowest BCUT2D eigenvalue weighted by atomic mass is 10.1. The lowest BCUT2D eigenvalue weighted by Gasteiger charge is -2.09. The molecule has 0 atom stereocenters. The minimum atomic E-state index is 0.323. The standard InChI is InChI=1S/C15H22N4/c1-5-11-7-6-8-12(9-11)17-15-13(16)14(10(2)3)18-19(15)4/h6-10,17H,5,16H2,1-4H3. The van der Waals surface area contributed by atoms with Gasteiger partial charge in [-0.3, -0.25) is 4.68 Å². The van der Waals surface area contributed by atoms with Crippen molar-refractivity contribution in [3.63, 3.8) is 0 Å². The number of aromatic nitrogens is 2. The minimum absolute atomic E-state index is 0.323. The Morgan fingerprint density at radius 2 is 2.11 bits per heavy atom. The average Bonchev–Trinajstić information content (AvgIpc) is 2.67. The second kappa shape index (κ2) is 5.34. The highest BCUT2D eigenvalue weighted by Crippen LogP contribution is 2.30. The van der Waals surface area contributed by atoms with Crippen molar-refractivity contribution in [2.45, 2.75) is 33.1 Å². The van der Waals surface area contributed by atoms with E-state index in [-0.39, 0.29) is 0 Å². The highest BCUT2D eigenvalue weighted by Gasteiger charge is 2.15. The van der Waals surface area contributed by atoms with Crippen LogP contribution in [0.25, 0.3) is 0 Å². The quantitative estimate of drug-likeness (QED) is 0.883. The monoisotopic (exact) mass is 258 g/mol. The summed E-state index contributed by atoms with van der Waals surface area (Å²) < 4.78 is 1.81. The van der Waals surface area contributed by atoms with Crippen LogP contribution in [0.1, 0.15) is 37.9 Å². The lowest BCUT2D eigenvalue weighted by molar-refractivity contribution is 0.718. The molecular weight excluding hydrogens is 236 g/mol. The van der Waals surface area contributed by atoms with Gasteiger partial charge in [0.25, 0.3) is 0 Å². The number of nitrogens with zero attached hydrogens (tertiary/aromatic N) is 2. The van der Waals surface area contributed by atoms with Crippen LogP contribution in [0.2, 0.25) is 0 Å². The summed E-state index contributed by atoms with van der Waals surface area (Å²) in [7, 11) is 1.91. The summed E-state index contributed by atoms with van der Waals surface area (Å²) in [5.41, 5.74) is 10.2. The third-order valence-electron chi connectivity index (χ3n) is 3.26. The van der Waals surface area contributed by atoms with Crippen LogP contribution in [-0.4, -0.2) is 9.78 Å². The van der Waals surface area contributed by atoms with Crippen LogP contribution in [-0.2, 0) is 13.5 Å². The number of rotatable bonds is 4. The Balaban J connectivity index is 2.32. The molecule has 4 heteroatoms. The molecule has 0 fully saturated rings. The van der Waals surface area contributed by atoms with E-state index < -0.39 is 0 Å². The fourth-order valence-corrected chi connectivity index (χ4v) is 2.14. The molecule has 0 bridgehead atoms. The van der Waals surface area contributed by atoms with Gasteiger partial charge in [0.15, 0.2) is 5.82 Å². The Morgan fingerprint density at radius 1 is 1.37 bits per heavy atom. The average molecular weight is 258 g/mol. The first-order valence-electron chi connectivity index (χ1n) is 6.71. The Bertz CT molecular complexity index is 570. The number of nitrogen functional groups attached to an aromatic ring is 1. The summed E-state index contributed by atoms with van der Waals surface area (Å²) >= 11 is 0. The molecule has 4 nitrogen and oxygen atoms in total. The Labute approximate surface area is 114 Å². The zero-order chi connectivity index (χ0) is 14.0. The van der Waals surface area contributed by atoms with Crippen LogP contribution in [0.3, 0.4) is 0 Å². The number of aryl methyl sites for hydroxylation is 2. The second-order valence-corrected chi connectivity index (χ2v) is 5.10. The van der Waals surface area contributed by atoms with Gasteiger partial charge in [0, 0.05) is 12.7 Å². The van der Waals surface area contributed by atoms with Gasteiger partial charge in [-0.05, 0) is 30.0 Å². The van der Waals surface area contributed by atoms with E-state index in [9.17, 15) is 0 Å². The summed E-state index contributed by atoms with van der Waals surface area (Å²) in [5, 5.41) is 7.84. The highest BCUT2D eigenvalue weighted by molar-refractivity contribution is 5.71. The molecular formula is C15H22N4. The van der Waals surface area contributed by atoms with E-state index in [2.05, 4.69) is 49.4 Å². The van der Waals surface area contributed by atoms with Crippen molar-refractivity contribution in [2.75, 3.05) is 11.1 Å². The van der Waals surface area contributed by atoms with Gasteiger partial charge < -0.3 is 11.1 Å². The first-order valence-corrected chi connectivity index (χ1v) is 6.71. The van der Waals surface area contributed by atoms with Crippen molar-refractivity contribution < 1.29 is 0 Å². The fraction of sp³-hybridized carbons (Fsp3) is 0.400. The molecule has 1 aromatic heterocycles. The van der Waals surface area contributed by atoms with Gasteiger partial charge in [0.2, 0.25) is 0 Å². The van der Waals surface area contributed by atoms with Crippen LogP contribution in [0.15, 0.2) is 24.3 Å². The number of hydrogen-bond acceptors (Lipinski definition) is 3.